The van der Waals surface area contributed by atoms with Gasteiger partial charge in [0.2, 0.25) is 0 Å². The van der Waals surface area contributed by atoms with E-state index in [1.54, 1.807) is 23.0 Å². The molecular formula is C20H16FN5O. The predicted molar refractivity (Wildman–Crippen MR) is 99.7 cm³/mol. The molecule has 1 aromatic carbocycles. The summed E-state index contributed by atoms with van der Waals surface area (Å²) in [4.78, 5) is 20.0. The molecule has 0 spiro atoms. The number of aryl methyl sites for hydroxylation is 1. The highest BCUT2D eigenvalue weighted by molar-refractivity contribution is 6.00. The summed E-state index contributed by atoms with van der Waals surface area (Å²) in [6.45, 7) is 0.577. The largest absolute Gasteiger partial charge is 0.358 e. The van der Waals surface area contributed by atoms with E-state index in [-0.39, 0.29) is 11.7 Å². The number of halogens is 1. The summed E-state index contributed by atoms with van der Waals surface area (Å²) < 4.78 is 16.5. The van der Waals surface area contributed by atoms with Gasteiger partial charge in [0.1, 0.15) is 5.82 Å². The molecule has 4 aromatic rings. The summed E-state index contributed by atoms with van der Waals surface area (Å²) >= 11 is 0. The van der Waals surface area contributed by atoms with Crippen LogP contribution in [0.1, 0.15) is 16.1 Å². The van der Waals surface area contributed by atoms with Crippen LogP contribution in [0.25, 0.3) is 33.4 Å². The van der Waals surface area contributed by atoms with Crippen molar-refractivity contribution in [3.05, 3.63) is 59.8 Å². The number of aromatic nitrogens is 4. The van der Waals surface area contributed by atoms with E-state index in [1.807, 2.05) is 25.4 Å². The Morgan fingerprint density at radius 2 is 2.07 bits per heavy atom. The quantitative estimate of drug-likeness (QED) is 0.576. The van der Waals surface area contributed by atoms with Gasteiger partial charge in [-0.25, -0.2) is 9.37 Å². The SMILES string of the molecule is Cn1cc(-c2ccc3ccc(F)c(-c4cc5c([nH]4)CCNC5=O)c3n2)cn1. The molecule has 1 aliphatic heterocycles. The van der Waals surface area contributed by atoms with E-state index in [0.29, 0.717) is 35.3 Å². The molecule has 0 saturated heterocycles. The number of rotatable bonds is 2. The van der Waals surface area contributed by atoms with E-state index in [0.717, 1.165) is 22.3 Å². The molecule has 0 bridgehead atoms. The van der Waals surface area contributed by atoms with Crippen molar-refractivity contribution in [2.75, 3.05) is 6.54 Å². The summed E-state index contributed by atoms with van der Waals surface area (Å²) in [7, 11) is 1.84. The first kappa shape index (κ1) is 15.7. The first-order valence-electron chi connectivity index (χ1n) is 8.69. The van der Waals surface area contributed by atoms with E-state index >= 15 is 0 Å². The van der Waals surface area contributed by atoms with Crippen LogP contribution in [0.4, 0.5) is 4.39 Å². The molecule has 27 heavy (non-hydrogen) atoms. The van der Waals surface area contributed by atoms with E-state index in [2.05, 4.69) is 15.4 Å². The smallest absolute Gasteiger partial charge is 0.253 e. The Kier molecular flexibility index (Phi) is 3.36. The average Bonchev–Trinajstić information content (AvgIpc) is 3.28. The molecule has 0 fully saturated rings. The number of carbonyl (C=O) groups excluding carboxylic acids is 1. The van der Waals surface area contributed by atoms with Crippen LogP contribution in [-0.2, 0) is 13.5 Å². The molecule has 4 heterocycles. The average molecular weight is 361 g/mol. The summed E-state index contributed by atoms with van der Waals surface area (Å²) in [5.41, 5.74) is 4.47. The van der Waals surface area contributed by atoms with E-state index in [4.69, 9.17) is 4.98 Å². The molecule has 3 aromatic heterocycles. The van der Waals surface area contributed by atoms with Gasteiger partial charge in [0, 0.05) is 42.9 Å². The van der Waals surface area contributed by atoms with Crippen molar-refractivity contribution in [1.82, 2.24) is 25.1 Å². The zero-order valence-electron chi connectivity index (χ0n) is 14.6. The van der Waals surface area contributed by atoms with Crippen LogP contribution in [-0.4, -0.2) is 32.2 Å². The normalized spacial score (nSPS) is 13.6. The van der Waals surface area contributed by atoms with Crippen LogP contribution < -0.4 is 5.32 Å². The maximum Gasteiger partial charge on any atom is 0.253 e. The Morgan fingerprint density at radius 3 is 2.85 bits per heavy atom. The Morgan fingerprint density at radius 1 is 1.22 bits per heavy atom. The van der Waals surface area contributed by atoms with Gasteiger partial charge in [-0.05, 0) is 24.3 Å². The lowest BCUT2D eigenvalue weighted by molar-refractivity contribution is 0.0946. The second-order valence-corrected chi connectivity index (χ2v) is 6.67. The van der Waals surface area contributed by atoms with Crippen molar-refractivity contribution in [3.8, 4) is 22.5 Å². The predicted octanol–water partition coefficient (Wildman–Crippen LogP) is 3.06. The number of pyridine rings is 1. The molecule has 6 nitrogen and oxygen atoms in total. The molecular weight excluding hydrogens is 345 g/mol. The Bertz CT molecular complexity index is 1210. The first-order chi connectivity index (χ1) is 13.1. The maximum atomic E-state index is 14.8. The third-order valence-corrected chi connectivity index (χ3v) is 4.89. The van der Waals surface area contributed by atoms with Crippen molar-refractivity contribution in [2.45, 2.75) is 6.42 Å². The third-order valence-electron chi connectivity index (χ3n) is 4.89. The molecule has 0 atom stereocenters. The van der Waals surface area contributed by atoms with Crippen molar-refractivity contribution >= 4 is 16.8 Å². The fraction of sp³-hybridized carbons (Fsp3) is 0.150. The van der Waals surface area contributed by atoms with E-state index in [1.165, 1.54) is 6.07 Å². The van der Waals surface area contributed by atoms with Crippen molar-refractivity contribution < 1.29 is 9.18 Å². The van der Waals surface area contributed by atoms with Gasteiger partial charge in [-0.2, -0.15) is 5.10 Å². The minimum Gasteiger partial charge on any atom is -0.358 e. The number of aromatic amines is 1. The summed E-state index contributed by atoms with van der Waals surface area (Å²) in [5.74, 6) is -0.513. The number of nitrogens with one attached hydrogen (secondary N) is 2. The minimum absolute atomic E-state index is 0.136. The number of fused-ring (bicyclic) bond motifs is 2. The highest BCUT2D eigenvalue weighted by atomic mass is 19.1. The maximum absolute atomic E-state index is 14.8. The second-order valence-electron chi connectivity index (χ2n) is 6.67. The van der Waals surface area contributed by atoms with Gasteiger partial charge in [0.05, 0.1) is 34.2 Å². The standard InChI is InChI=1S/C20H16FN5O/c1-26-10-12(9-23-26)15-5-3-11-2-4-14(21)18(19(11)25-15)17-8-13-16(24-17)6-7-22-20(13)27/h2-5,8-10,24H,6-7H2,1H3,(H,22,27). The van der Waals surface area contributed by atoms with Gasteiger partial charge in [0.15, 0.2) is 0 Å². The van der Waals surface area contributed by atoms with Crippen molar-refractivity contribution in [3.63, 3.8) is 0 Å². The minimum atomic E-state index is -0.377. The molecule has 134 valence electrons. The lowest BCUT2D eigenvalue weighted by Crippen LogP contribution is -2.31. The van der Waals surface area contributed by atoms with Gasteiger partial charge in [-0.1, -0.05) is 6.07 Å². The number of amides is 1. The van der Waals surface area contributed by atoms with Crippen molar-refractivity contribution in [1.29, 1.82) is 0 Å². The lowest BCUT2D eigenvalue weighted by atomic mass is 10.0. The highest BCUT2D eigenvalue weighted by Crippen LogP contribution is 2.33. The van der Waals surface area contributed by atoms with Crippen LogP contribution in [0.3, 0.4) is 0 Å². The van der Waals surface area contributed by atoms with Gasteiger partial charge in [-0.3, -0.25) is 9.48 Å². The Balaban J connectivity index is 1.73. The molecule has 0 aliphatic carbocycles. The number of H-pyrrole nitrogens is 1. The lowest BCUT2D eigenvalue weighted by Gasteiger charge is -2.11. The van der Waals surface area contributed by atoms with Gasteiger partial charge in [0.25, 0.3) is 5.91 Å². The number of hydrogen-bond acceptors (Lipinski definition) is 3. The molecule has 1 amide bonds. The van der Waals surface area contributed by atoms with Crippen LogP contribution >= 0.6 is 0 Å². The fourth-order valence-corrected chi connectivity index (χ4v) is 3.56. The van der Waals surface area contributed by atoms with Gasteiger partial charge < -0.3 is 10.3 Å². The van der Waals surface area contributed by atoms with Crippen LogP contribution in [0.2, 0.25) is 0 Å². The van der Waals surface area contributed by atoms with Gasteiger partial charge in [-0.15, -0.1) is 0 Å². The first-order valence-corrected chi connectivity index (χ1v) is 8.69. The number of benzene rings is 1. The molecule has 2 N–H and O–H groups in total. The molecule has 0 saturated carbocycles. The summed E-state index contributed by atoms with van der Waals surface area (Å²) in [5, 5.41) is 7.82. The topological polar surface area (TPSA) is 75.6 Å². The van der Waals surface area contributed by atoms with Crippen LogP contribution in [0.5, 0.6) is 0 Å². The summed E-state index contributed by atoms with van der Waals surface area (Å²) in [6.07, 6.45) is 4.29. The molecule has 1 aliphatic rings. The number of nitrogens with zero attached hydrogens (tertiary/aromatic N) is 3. The second kappa shape index (κ2) is 5.77. The third kappa shape index (κ3) is 2.51. The van der Waals surface area contributed by atoms with E-state index < -0.39 is 0 Å². The fourth-order valence-electron chi connectivity index (χ4n) is 3.56. The van der Waals surface area contributed by atoms with Crippen LogP contribution in [0, 0.1) is 5.82 Å². The number of hydrogen-bond donors (Lipinski definition) is 2. The molecule has 0 unspecified atom stereocenters. The Hall–Kier alpha value is -3.48. The van der Waals surface area contributed by atoms with Crippen molar-refractivity contribution in [2.24, 2.45) is 7.05 Å². The zero-order chi connectivity index (χ0) is 18.5. The molecule has 0 radical (unpaired) electrons. The highest BCUT2D eigenvalue weighted by Gasteiger charge is 2.22. The Labute approximate surface area is 154 Å². The van der Waals surface area contributed by atoms with Crippen LogP contribution in [0.15, 0.2) is 42.7 Å². The van der Waals surface area contributed by atoms with E-state index in [9.17, 15) is 9.18 Å². The molecule has 5 rings (SSSR count). The zero-order valence-corrected chi connectivity index (χ0v) is 14.6. The molecule has 7 heteroatoms. The summed E-state index contributed by atoms with van der Waals surface area (Å²) in [6, 6.07) is 8.67. The monoisotopic (exact) mass is 361 g/mol. The van der Waals surface area contributed by atoms with Gasteiger partial charge >= 0.3 is 0 Å². The number of carbonyl (C=O) groups is 1.